The summed E-state index contributed by atoms with van der Waals surface area (Å²) in [5.41, 5.74) is 5.56. The maximum absolute atomic E-state index is 11.8. The van der Waals surface area contributed by atoms with Crippen LogP contribution >= 0.6 is 0 Å². The monoisotopic (exact) mass is 332 g/mol. The third-order valence-electron chi connectivity index (χ3n) is 5.57. The Balaban J connectivity index is 2.00. The topological polar surface area (TPSA) is 34.9 Å². The molecule has 2 aromatic heterocycles. The van der Waals surface area contributed by atoms with Crippen molar-refractivity contribution in [3.05, 3.63) is 53.7 Å². The smallest absolute Gasteiger partial charge is 0.159 e. The zero-order valence-electron chi connectivity index (χ0n) is 15.0. The molecule has 0 aliphatic heterocycles. The Hall–Kier alpha value is -2.42. The molecule has 3 aromatic rings. The van der Waals surface area contributed by atoms with Crippen molar-refractivity contribution in [1.29, 1.82) is 0 Å². The number of aromatic nitrogens is 2. The number of rotatable bonds is 3. The summed E-state index contributed by atoms with van der Waals surface area (Å²) < 4.78 is 2.23. The predicted octanol–water partition coefficient (Wildman–Crippen LogP) is 5.49. The average molecular weight is 332 g/mol. The molecular weight excluding hydrogens is 308 g/mol. The van der Waals surface area contributed by atoms with Crippen molar-refractivity contribution in [2.24, 2.45) is 7.05 Å². The summed E-state index contributed by atoms with van der Waals surface area (Å²) in [4.78, 5) is 16.5. The van der Waals surface area contributed by atoms with Crippen molar-refractivity contribution in [1.82, 2.24) is 9.55 Å². The summed E-state index contributed by atoms with van der Waals surface area (Å²) in [5.74, 6) is 0.694. The molecule has 0 spiro atoms. The number of Topliss-reactive ketones (excluding diaryl/α,β-unsaturated/α-hetero) is 1. The van der Waals surface area contributed by atoms with Gasteiger partial charge in [-0.2, -0.15) is 0 Å². The molecule has 4 rings (SSSR count). The molecule has 1 aromatic carbocycles. The van der Waals surface area contributed by atoms with E-state index in [1.165, 1.54) is 48.7 Å². The Labute approximate surface area is 148 Å². The average Bonchev–Trinajstić information content (AvgIpc) is 2.95. The molecule has 0 radical (unpaired) electrons. The van der Waals surface area contributed by atoms with Crippen LogP contribution < -0.4 is 0 Å². The van der Waals surface area contributed by atoms with Gasteiger partial charge in [-0.25, -0.2) is 0 Å². The van der Waals surface area contributed by atoms with E-state index in [-0.39, 0.29) is 5.78 Å². The van der Waals surface area contributed by atoms with Gasteiger partial charge in [0.15, 0.2) is 5.78 Å². The van der Waals surface area contributed by atoms with Crippen LogP contribution in [0.2, 0.25) is 0 Å². The number of carbonyl (C=O) groups excluding carboxylic acids is 1. The van der Waals surface area contributed by atoms with Gasteiger partial charge in [0.1, 0.15) is 0 Å². The van der Waals surface area contributed by atoms with Gasteiger partial charge in [-0.15, -0.1) is 0 Å². The van der Waals surface area contributed by atoms with Crippen molar-refractivity contribution in [2.45, 2.75) is 44.9 Å². The van der Waals surface area contributed by atoms with E-state index in [0.717, 1.165) is 16.8 Å². The van der Waals surface area contributed by atoms with Gasteiger partial charge in [-0.05, 0) is 49.4 Å². The zero-order valence-corrected chi connectivity index (χ0v) is 15.0. The van der Waals surface area contributed by atoms with Crippen LogP contribution in [0, 0.1) is 0 Å². The van der Waals surface area contributed by atoms with Gasteiger partial charge >= 0.3 is 0 Å². The summed E-state index contributed by atoms with van der Waals surface area (Å²) >= 11 is 0. The highest BCUT2D eigenvalue weighted by Gasteiger charge is 2.26. The first-order chi connectivity index (χ1) is 12.2. The maximum Gasteiger partial charge on any atom is 0.159 e. The molecule has 3 nitrogen and oxygen atoms in total. The fraction of sp³-hybridized carbons (Fsp3) is 0.364. The molecule has 0 saturated heterocycles. The lowest BCUT2D eigenvalue weighted by molar-refractivity contribution is 0.101. The minimum atomic E-state index is 0.113. The first kappa shape index (κ1) is 16.1. The van der Waals surface area contributed by atoms with Crippen LogP contribution in [0.25, 0.3) is 22.3 Å². The lowest BCUT2D eigenvalue weighted by Gasteiger charge is -2.23. The van der Waals surface area contributed by atoms with E-state index in [4.69, 9.17) is 0 Å². The molecule has 128 valence electrons. The zero-order chi connectivity index (χ0) is 17.4. The summed E-state index contributed by atoms with van der Waals surface area (Å²) in [6.07, 6.45) is 8.29. The number of fused-ring (bicyclic) bond motifs is 1. The molecule has 0 N–H and O–H groups in total. The third-order valence-corrected chi connectivity index (χ3v) is 5.57. The summed E-state index contributed by atoms with van der Waals surface area (Å²) in [6.45, 7) is 1.63. The summed E-state index contributed by atoms with van der Waals surface area (Å²) in [5, 5.41) is 1.28. The van der Waals surface area contributed by atoms with Crippen molar-refractivity contribution >= 4 is 16.7 Å². The minimum absolute atomic E-state index is 0.113. The number of hydrogen-bond acceptors (Lipinski definition) is 2. The Morgan fingerprint density at radius 3 is 2.60 bits per heavy atom. The van der Waals surface area contributed by atoms with Crippen LogP contribution in [0.4, 0.5) is 0 Å². The van der Waals surface area contributed by atoms with Gasteiger partial charge in [0.25, 0.3) is 0 Å². The van der Waals surface area contributed by atoms with Crippen molar-refractivity contribution < 1.29 is 4.79 Å². The number of pyridine rings is 1. The largest absolute Gasteiger partial charge is 0.342 e. The van der Waals surface area contributed by atoms with E-state index in [1.807, 2.05) is 30.5 Å². The molecule has 0 amide bonds. The number of nitrogens with zero attached hydrogens (tertiary/aromatic N) is 2. The Bertz CT molecular complexity index is 918. The molecule has 1 fully saturated rings. The van der Waals surface area contributed by atoms with Crippen LogP contribution in [0.3, 0.4) is 0 Å². The number of benzene rings is 1. The van der Waals surface area contributed by atoms with E-state index >= 15 is 0 Å². The first-order valence-corrected chi connectivity index (χ1v) is 9.21. The SMILES string of the molecule is CC(=O)c1ccc2c(C3CCCCC3)c(-c3ccccn3)n(C)c2c1. The lowest BCUT2D eigenvalue weighted by Crippen LogP contribution is -2.06. The van der Waals surface area contributed by atoms with Gasteiger partial charge in [-0.3, -0.25) is 9.78 Å². The van der Waals surface area contributed by atoms with Gasteiger partial charge in [0, 0.05) is 29.7 Å². The molecular formula is C22H24N2O. The van der Waals surface area contributed by atoms with Crippen LogP contribution in [-0.2, 0) is 7.05 Å². The molecule has 2 heterocycles. The van der Waals surface area contributed by atoms with Crippen LogP contribution in [0.5, 0.6) is 0 Å². The number of ketones is 1. The second-order valence-corrected chi connectivity index (χ2v) is 7.16. The highest BCUT2D eigenvalue weighted by molar-refractivity contribution is 6.00. The van der Waals surface area contributed by atoms with Crippen LogP contribution in [0.1, 0.15) is 60.9 Å². The highest BCUT2D eigenvalue weighted by atomic mass is 16.1. The van der Waals surface area contributed by atoms with E-state index in [2.05, 4.69) is 28.7 Å². The predicted molar refractivity (Wildman–Crippen MR) is 102 cm³/mol. The molecule has 0 atom stereocenters. The molecule has 1 saturated carbocycles. The Morgan fingerprint density at radius 2 is 1.92 bits per heavy atom. The van der Waals surface area contributed by atoms with Gasteiger partial charge in [-0.1, -0.05) is 37.5 Å². The second kappa shape index (κ2) is 6.47. The summed E-state index contributed by atoms with van der Waals surface area (Å²) in [7, 11) is 2.10. The summed E-state index contributed by atoms with van der Waals surface area (Å²) in [6, 6.07) is 12.2. The lowest BCUT2D eigenvalue weighted by atomic mass is 9.82. The normalized spacial score (nSPS) is 15.6. The van der Waals surface area contributed by atoms with Crippen molar-refractivity contribution in [2.75, 3.05) is 0 Å². The highest BCUT2D eigenvalue weighted by Crippen LogP contribution is 2.43. The maximum atomic E-state index is 11.8. The molecule has 1 aliphatic carbocycles. The standard InChI is InChI=1S/C22H24N2O/c1-15(25)17-11-12-18-20(14-17)24(2)22(19-10-6-7-13-23-19)21(18)16-8-4-3-5-9-16/h6-7,10-14,16H,3-5,8-9H2,1-2H3. The molecule has 25 heavy (non-hydrogen) atoms. The van der Waals surface area contributed by atoms with E-state index < -0.39 is 0 Å². The molecule has 0 unspecified atom stereocenters. The van der Waals surface area contributed by atoms with E-state index in [1.54, 1.807) is 6.92 Å². The van der Waals surface area contributed by atoms with Crippen molar-refractivity contribution in [3.8, 4) is 11.4 Å². The fourth-order valence-electron chi connectivity index (χ4n) is 4.30. The van der Waals surface area contributed by atoms with Gasteiger partial charge in [0.2, 0.25) is 0 Å². The first-order valence-electron chi connectivity index (χ1n) is 9.21. The second-order valence-electron chi connectivity index (χ2n) is 7.16. The number of hydrogen-bond donors (Lipinski definition) is 0. The fourth-order valence-corrected chi connectivity index (χ4v) is 4.30. The number of aryl methyl sites for hydroxylation is 1. The Kier molecular flexibility index (Phi) is 4.16. The van der Waals surface area contributed by atoms with E-state index in [9.17, 15) is 4.79 Å². The minimum Gasteiger partial charge on any atom is -0.342 e. The third kappa shape index (κ3) is 2.78. The quantitative estimate of drug-likeness (QED) is 0.594. The van der Waals surface area contributed by atoms with Gasteiger partial charge in [0.05, 0.1) is 11.4 Å². The molecule has 3 heteroatoms. The molecule has 1 aliphatic rings. The van der Waals surface area contributed by atoms with E-state index in [0.29, 0.717) is 5.92 Å². The molecule has 0 bridgehead atoms. The number of carbonyl (C=O) groups is 1. The van der Waals surface area contributed by atoms with Crippen LogP contribution in [-0.4, -0.2) is 15.3 Å². The van der Waals surface area contributed by atoms with Crippen molar-refractivity contribution in [3.63, 3.8) is 0 Å². The van der Waals surface area contributed by atoms with Crippen LogP contribution in [0.15, 0.2) is 42.6 Å². The van der Waals surface area contributed by atoms with Gasteiger partial charge < -0.3 is 4.57 Å². The Morgan fingerprint density at radius 1 is 1.12 bits per heavy atom.